The Hall–Kier alpha value is -0.840. The monoisotopic (exact) mass is 325 g/mol. The summed E-state index contributed by atoms with van der Waals surface area (Å²) in [4.78, 5) is 1.14. The first-order valence-electron chi connectivity index (χ1n) is 5.92. The second-order valence-corrected chi connectivity index (χ2v) is 5.87. The van der Waals surface area contributed by atoms with Crippen molar-refractivity contribution in [3.05, 3.63) is 50.6 Å². The summed E-state index contributed by atoms with van der Waals surface area (Å²) >= 11 is 5.11. The van der Waals surface area contributed by atoms with E-state index in [0.29, 0.717) is 6.54 Å². The Balaban J connectivity index is 2.14. The number of benzene rings is 1. The average molecular weight is 326 g/mol. The molecular formula is C14H16BrNOS. The van der Waals surface area contributed by atoms with Gasteiger partial charge in [0.25, 0.3) is 0 Å². The minimum atomic E-state index is -0.0755. The van der Waals surface area contributed by atoms with Gasteiger partial charge in [0.1, 0.15) is 11.9 Å². The van der Waals surface area contributed by atoms with E-state index in [-0.39, 0.29) is 6.10 Å². The molecule has 1 heterocycles. The van der Waals surface area contributed by atoms with Crippen LogP contribution in [0.3, 0.4) is 0 Å². The number of ether oxygens (including phenoxy) is 1. The Morgan fingerprint density at radius 2 is 2.22 bits per heavy atom. The van der Waals surface area contributed by atoms with Gasteiger partial charge in [0.2, 0.25) is 0 Å². The maximum absolute atomic E-state index is 5.97. The van der Waals surface area contributed by atoms with E-state index in [0.717, 1.165) is 21.5 Å². The van der Waals surface area contributed by atoms with E-state index in [4.69, 9.17) is 10.5 Å². The number of rotatable bonds is 5. The van der Waals surface area contributed by atoms with Crippen LogP contribution in [0.2, 0.25) is 0 Å². The highest BCUT2D eigenvalue weighted by Gasteiger charge is 2.13. The van der Waals surface area contributed by atoms with Crippen LogP contribution >= 0.6 is 27.3 Å². The number of thiophene rings is 1. The number of aryl methyl sites for hydroxylation is 1. The zero-order valence-corrected chi connectivity index (χ0v) is 12.6. The lowest BCUT2D eigenvalue weighted by atomic mass is 10.1. The van der Waals surface area contributed by atoms with Crippen molar-refractivity contribution in [1.82, 2.24) is 0 Å². The van der Waals surface area contributed by atoms with Crippen LogP contribution in [0.5, 0.6) is 5.75 Å². The molecule has 1 aromatic heterocycles. The third-order valence-corrected chi connectivity index (χ3v) is 4.49. The molecule has 96 valence electrons. The van der Waals surface area contributed by atoms with Gasteiger partial charge in [0.15, 0.2) is 0 Å². The third-order valence-electron chi connectivity index (χ3n) is 2.70. The first-order valence-corrected chi connectivity index (χ1v) is 7.59. The van der Waals surface area contributed by atoms with Gasteiger partial charge in [-0.25, -0.2) is 0 Å². The molecule has 0 aliphatic rings. The summed E-state index contributed by atoms with van der Waals surface area (Å²) < 4.78 is 7.05. The molecule has 0 aliphatic carbocycles. The average Bonchev–Trinajstić information content (AvgIpc) is 2.82. The highest BCUT2D eigenvalue weighted by molar-refractivity contribution is 9.10. The first kappa shape index (κ1) is 13.6. The number of hydrogen-bond acceptors (Lipinski definition) is 3. The van der Waals surface area contributed by atoms with E-state index < -0.39 is 0 Å². The zero-order valence-electron chi connectivity index (χ0n) is 10.2. The largest absolute Gasteiger partial charge is 0.484 e. The standard InChI is InChI=1S/C14H16BrNOS/c1-2-10-4-3-5-12(6-10)17-13(8-16)14-7-11(15)9-18-14/h3-7,9,13H,2,8,16H2,1H3. The van der Waals surface area contributed by atoms with E-state index in [9.17, 15) is 0 Å². The molecule has 0 spiro atoms. The Bertz CT molecular complexity index is 512. The van der Waals surface area contributed by atoms with Crippen LogP contribution in [0.4, 0.5) is 0 Å². The highest BCUT2D eigenvalue weighted by Crippen LogP contribution is 2.29. The van der Waals surface area contributed by atoms with Crippen LogP contribution in [0.1, 0.15) is 23.5 Å². The van der Waals surface area contributed by atoms with Crippen molar-refractivity contribution in [2.75, 3.05) is 6.54 Å². The van der Waals surface area contributed by atoms with Crippen LogP contribution in [0, 0.1) is 0 Å². The van der Waals surface area contributed by atoms with E-state index in [2.05, 4.69) is 41.1 Å². The molecule has 1 aromatic carbocycles. The minimum absolute atomic E-state index is 0.0755. The van der Waals surface area contributed by atoms with E-state index >= 15 is 0 Å². The molecular weight excluding hydrogens is 310 g/mol. The van der Waals surface area contributed by atoms with Gasteiger partial charge in [-0.3, -0.25) is 0 Å². The molecule has 4 heteroatoms. The molecule has 0 amide bonds. The molecule has 2 aromatic rings. The molecule has 1 unspecified atom stereocenters. The fourth-order valence-electron chi connectivity index (χ4n) is 1.72. The molecule has 2 nitrogen and oxygen atoms in total. The Labute approximate surface area is 120 Å². The van der Waals surface area contributed by atoms with Gasteiger partial charge in [-0.2, -0.15) is 0 Å². The Morgan fingerprint density at radius 1 is 1.39 bits per heavy atom. The summed E-state index contributed by atoms with van der Waals surface area (Å²) in [5.74, 6) is 0.884. The second kappa shape index (κ2) is 6.36. The first-order chi connectivity index (χ1) is 8.72. The number of halogens is 1. The lowest BCUT2D eigenvalue weighted by Gasteiger charge is -2.16. The van der Waals surface area contributed by atoms with E-state index in [1.54, 1.807) is 11.3 Å². The van der Waals surface area contributed by atoms with Crippen molar-refractivity contribution < 1.29 is 4.74 Å². The van der Waals surface area contributed by atoms with Gasteiger partial charge < -0.3 is 10.5 Å². The SMILES string of the molecule is CCc1cccc(OC(CN)c2cc(Br)cs2)c1. The molecule has 1 atom stereocenters. The van der Waals surface area contributed by atoms with Crippen LogP contribution in [-0.2, 0) is 6.42 Å². The molecule has 0 radical (unpaired) electrons. The summed E-state index contributed by atoms with van der Waals surface area (Å²) in [5.41, 5.74) is 7.07. The van der Waals surface area contributed by atoms with Crippen molar-refractivity contribution in [2.45, 2.75) is 19.4 Å². The highest BCUT2D eigenvalue weighted by atomic mass is 79.9. The quantitative estimate of drug-likeness (QED) is 0.896. The van der Waals surface area contributed by atoms with Gasteiger partial charge in [0.05, 0.1) is 0 Å². The summed E-state index contributed by atoms with van der Waals surface area (Å²) in [6.07, 6.45) is 0.933. The van der Waals surface area contributed by atoms with Crippen molar-refractivity contribution in [1.29, 1.82) is 0 Å². The summed E-state index contributed by atoms with van der Waals surface area (Å²) in [6, 6.07) is 10.2. The van der Waals surface area contributed by atoms with E-state index in [1.165, 1.54) is 5.56 Å². The van der Waals surface area contributed by atoms with Crippen molar-refractivity contribution in [3.8, 4) is 5.75 Å². The van der Waals surface area contributed by atoms with Crippen molar-refractivity contribution in [2.24, 2.45) is 5.73 Å². The van der Waals surface area contributed by atoms with Gasteiger partial charge in [0, 0.05) is 21.3 Å². The van der Waals surface area contributed by atoms with Gasteiger partial charge in [-0.05, 0) is 46.1 Å². The zero-order chi connectivity index (χ0) is 13.0. The van der Waals surface area contributed by atoms with E-state index in [1.807, 2.05) is 17.5 Å². The predicted molar refractivity (Wildman–Crippen MR) is 80.3 cm³/mol. The fourth-order valence-corrected chi connectivity index (χ4v) is 3.21. The van der Waals surface area contributed by atoms with Crippen molar-refractivity contribution >= 4 is 27.3 Å². The summed E-state index contributed by atoms with van der Waals surface area (Å²) in [5, 5.41) is 2.05. The smallest absolute Gasteiger partial charge is 0.145 e. The lowest BCUT2D eigenvalue weighted by molar-refractivity contribution is 0.218. The van der Waals surface area contributed by atoms with Crippen LogP contribution in [-0.4, -0.2) is 6.54 Å². The van der Waals surface area contributed by atoms with Crippen LogP contribution in [0.25, 0.3) is 0 Å². The normalized spacial score (nSPS) is 12.4. The maximum atomic E-state index is 5.97. The summed E-state index contributed by atoms with van der Waals surface area (Å²) in [6.45, 7) is 2.61. The molecule has 0 aliphatic heterocycles. The van der Waals surface area contributed by atoms with Gasteiger partial charge >= 0.3 is 0 Å². The van der Waals surface area contributed by atoms with Crippen LogP contribution < -0.4 is 10.5 Å². The number of hydrogen-bond donors (Lipinski definition) is 1. The molecule has 2 rings (SSSR count). The Morgan fingerprint density at radius 3 is 2.83 bits per heavy atom. The van der Waals surface area contributed by atoms with Crippen molar-refractivity contribution in [3.63, 3.8) is 0 Å². The molecule has 2 N–H and O–H groups in total. The minimum Gasteiger partial charge on any atom is -0.484 e. The third kappa shape index (κ3) is 3.34. The lowest BCUT2D eigenvalue weighted by Crippen LogP contribution is -2.17. The second-order valence-electron chi connectivity index (χ2n) is 4.01. The fraction of sp³-hybridized carbons (Fsp3) is 0.286. The predicted octanol–water partition coefficient (Wildman–Crippen LogP) is 4.15. The topological polar surface area (TPSA) is 35.2 Å². The molecule has 0 bridgehead atoms. The summed E-state index contributed by atoms with van der Waals surface area (Å²) in [7, 11) is 0. The van der Waals surface area contributed by atoms with Crippen LogP contribution in [0.15, 0.2) is 40.2 Å². The number of nitrogens with two attached hydrogens (primary N) is 1. The maximum Gasteiger partial charge on any atom is 0.145 e. The molecule has 0 saturated heterocycles. The molecule has 18 heavy (non-hydrogen) atoms. The molecule has 0 fully saturated rings. The Kier molecular flexibility index (Phi) is 4.80. The van der Waals surface area contributed by atoms with Gasteiger partial charge in [-0.1, -0.05) is 19.1 Å². The van der Waals surface area contributed by atoms with Gasteiger partial charge in [-0.15, -0.1) is 11.3 Å². The molecule has 0 saturated carbocycles.